The Morgan fingerprint density at radius 2 is 2.12 bits per heavy atom. The van der Waals surface area contributed by atoms with E-state index in [4.69, 9.17) is 5.11 Å². The van der Waals surface area contributed by atoms with Crippen molar-refractivity contribution in [2.45, 2.75) is 6.42 Å². The summed E-state index contributed by atoms with van der Waals surface area (Å²) in [5, 5.41) is 9.01. The number of benzene rings is 1. The van der Waals surface area contributed by atoms with Gasteiger partial charge in [-0.3, -0.25) is 19.1 Å². The van der Waals surface area contributed by atoms with E-state index in [0.717, 1.165) is 0 Å². The minimum atomic E-state index is -1.02. The number of rotatable bonds is 2. The highest BCUT2D eigenvalue weighted by molar-refractivity contribution is 5.85. The molecule has 2 N–H and O–H groups in total. The van der Waals surface area contributed by atoms with Gasteiger partial charge in [-0.25, -0.2) is 4.79 Å². The molecule has 0 bridgehead atoms. The number of carboxylic acid groups (broad SMARTS) is 1. The largest absolute Gasteiger partial charge is 0.481 e. The molecule has 0 spiro atoms. The number of aromatic amines is 1. The Bertz CT molecular complexity index is 711. The van der Waals surface area contributed by atoms with Crippen LogP contribution in [0.5, 0.6) is 0 Å². The number of H-pyrrole nitrogens is 1. The highest BCUT2D eigenvalue weighted by Gasteiger charge is 2.11. The maximum atomic E-state index is 11.7. The normalized spacial score (nSPS) is 10.6. The molecule has 1 heterocycles. The van der Waals surface area contributed by atoms with Crippen molar-refractivity contribution in [3.8, 4) is 0 Å². The average Bonchev–Trinajstić information content (AvgIpc) is 2.25. The van der Waals surface area contributed by atoms with Crippen LogP contribution in [-0.4, -0.2) is 20.6 Å². The van der Waals surface area contributed by atoms with Crippen LogP contribution in [0, 0.1) is 0 Å². The number of aromatic nitrogens is 2. The van der Waals surface area contributed by atoms with Crippen molar-refractivity contribution in [1.82, 2.24) is 9.55 Å². The molecule has 6 heteroatoms. The Labute approximate surface area is 95.1 Å². The first-order valence-electron chi connectivity index (χ1n) is 4.93. The number of carbonyl (C=O) groups is 1. The summed E-state index contributed by atoms with van der Waals surface area (Å²) in [5.74, 6) is -1.02. The van der Waals surface area contributed by atoms with Crippen LogP contribution in [0.3, 0.4) is 0 Å². The van der Waals surface area contributed by atoms with Crippen LogP contribution in [0.25, 0.3) is 10.9 Å². The lowest BCUT2D eigenvalue weighted by atomic mass is 10.1. The third kappa shape index (κ3) is 1.84. The number of nitrogens with zero attached hydrogens (tertiary/aromatic N) is 1. The van der Waals surface area contributed by atoms with Crippen molar-refractivity contribution >= 4 is 16.9 Å². The number of hydrogen-bond acceptors (Lipinski definition) is 3. The smallest absolute Gasteiger partial charge is 0.328 e. The SMILES string of the molecule is Cn1c(=O)[nH]c(=O)c2c(CC(=O)O)cccc21. The predicted molar refractivity (Wildman–Crippen MR) is 61.1 cm³/mol. The number of fused-ring (bicyclic) bond motifs is 1. The van der Waals surface area contributed by atoms with E-state index in [1.807, 2.05) is 0 Å². The molecule has 0 aliphatic rings. The molecule has 0 unspecified atom stereocenters. The topological polar surface area (TPSA) is 92.2 Å². The lowest BCUT2D eigenvalue weighted by Crippen LogP contribution is -2.29. The van der Waals surface area contributed by atoms with Gasteiger partial charge < -0.3 is 5.11 Å². The molecular formula is C11H10N2O4. The van der Waals surface area contributed by atoms with Crippen LogP contribution in [0.1, 0.15) is 5.56 Å². The molecule has 0 radical (unpaired) electrons. The van der Waals surface area contributed by atoms with Gasteiger partial charge in [0.05, 0.1) is 17.3 Å². The van der Waals surface area contributed by atoms with Crippen LogP contribution < -0.4 is 11.2 Å². The van der Waals surface area contributed by atoms with Crippen LogP contribution in [-0.2, 0) is 18.3 Å². The fourth-order valence-corrected chi connectivity index (χ4v) is 1.79. The zero-order valence-corrected chi connectivity index (χ0v) is 9.06. The number of carboxylic acids is 1. The van der Waals surface area contributed by atoms with Gasteiger partial charge in [0.15, 0.2) is 0 Å². The Morgan fingerprint density at radius 3 is 2.76 bits per heavy atom. The number of hydrogen-bond donors (Lipinski definition) is 2. The summed E-state index contributed by atoms with van der Waals surface area (Å²) in [6.07, 6.45) is -0.251. The van der Waals surface area contributed by atoms with Crippen LogP contribution in [0.2, 0.25) is 0 Å². The molecule has 1 aromatic carbocycles. The summed E-state index contributed by atoms with van der Waals surface area (Å²) in [6, 6.07) is 4.80. The lowest BCUT2D eigenvalue weighted by molar-refractivity contribution is -0.136. The zero-order valence-electron chi connectivity index (χ0n) is 9.06. The third-order valence-corrected chi connectivity index (χ3v) is 2.58. The summed E-state index contributed by atoms with van der Waals surface area (Å²) < 4.78 is 1.28. The maximum absolute atomic E-state index is 11.7. The molecule has 88 valence electrons. The first-order valence-corrected chi connectivity index (χ1v) is 4.93. The van der Waals surface area contributed by atoms with Crippen LogP contribution in [0.15, 0.2) is 27.8 Å². The van der Waals surface area contributed by atoms with Gasteiger partial charge in [0.2, 0.25) is 0 Å². The molecule has 0 amide bonds. The molecule has 2 rings (SSSR count). The summed E-state index contributed by atoms with van der Waals surface area (Å²) in [4.78, 5) is 35.9. The molecule has 0 fully saturated rings. The Hall–Kier alpha value is -2.37. The summed E-state index contributed by atoms with van der Waals surface area (Å²) in [5.41, 5.74) is -0.251. The number of aryl methyl sites for hydroxylation is 1. The predicted octanol–water partition coefficient (Wildman–Crippen LogP) is -0.146. The van der Waals surface area contributed by atoms with Gasteiger partial charge in [-0.15, -0.1) is 0 Å². The molecule has 0 aliphatic heterocycles. The highest BCUT2D eigenvalue weighted by Crippen LogP contribution is 2.13. The van der Waals surface area contributed by atoms with Crippen molar-refractivity contribution in [2.75, 3.05) is 0 Å². The van der Waals surface area contributed by atoms with Gasteiger partial charge in [0.1, 0.15) is 0 Å². The van der Waals surface area contributed by atoms with Crippen molar-refractivity contribution < 1.29 is 9.90 Å². The second-order valence-electron chi connectivity index (χ2n) is 3.70. The summed E-state index contributed by atoms with van der Waals surface area (Å²) in [6.45, 7) is 0. The Kier molecular flexibility index (Phi) is 2.55. The van der Waals surface area contributed by atoms with Crippen LogP contribution in [0.4, 0.5) is 0 Å². The first kappa shape index (κ1) is 11.1. The van der Waals surface area contributed by atoms with E-state index in [2.05, 4.69) is 4.98 Å². The molecule has 2 aromatic rings. The lowest BCUT2D eigenvalue weighted by Gasteiger charge is -2.06. The van der Waals surface area contributed by atoms with Gasteiger partial charge in [0.25, 0.3) is 5.56 Å². The van der Waals surface area contributed by atoms with E-state index < -0.39 is 17.2 Å². The Balaban J connectivity index is 2.90. The fraction of sp³-hybridized carbons (Fsp3) is 0.182. The van der Waals surface area contributed by atoms with E-state index in [9.17, 15) is 14.4 Å². The van der Waals surface area contributed by atoms with Crippen LogP contribution >= 0.6 is 0 Å². The number of nitrogens with one attached hydrogen (secondary N) is 1. The standard InChI is InChI=1S/C11H10N2O4/c1-13-7-4-2-3-6(5-8(14)15)9(7)10(16)12-11(13)17/h2-4H,5H2,1H3,(H,14,15)(H,12,16,17). The molecule has 0 saturated heterocycles. The highest BCUT2D eigenvalue weighted by atomic mass is 16.4. The second-order valence-corrected chi connectivity index (χ2v) is 3.70. The van der Waals surface area contributed by atoms with Crippen molar-refractivity contribution in [3.05, 3.63) is 44.6 Å². The van der Waals surface area contributed by atoms with E-state index >= 15 is 0 Å². The number of aliphatic carboxylic acids is 1. The molecule has 0 saturated carbocycles. The van der Waals surface area contributed by atoms with Gasteiger partial charge in [-0.1, -0.05) is 12.1 Å². The van der Waals surface area contributed by atoms with Gasteiger partial charge >= 0.3 is 11.7 Å². The first-order chi connectivity index (χ1) is 8.00. The van der Waals surface area contributed by atoms with Crippen molar-refractivity contribution in [1.29, 1.82) is 0 Å². The summed E-state index contributed by atoms with van der Waals surface area (Å²) in [7, 11) is 1.52. The van der Waals surface area contributed by atoms with E-state index in [-0.39, 0.29) is 11.8 Å². The zero-order chi connectivity index (χ0) is 12.6. The summed E-state index contributed by atoms with van der Waals surface area (Å²) >= 11 is 0. The quantitative estimate of drug-likeness (QED) is 0.756. The molecular weight excluding hydrogens is 224 g/mol. The molecule has 17 heavy (non-hydrogen) atoms. The molecule has 0 aliphatic carbocycles. The molecule has 0 atom stereocenters. The average molecular weight is 234 g/mol. The second kappa shape index (κ2) is 3.89. The fourth-order valence-electron chi connectivity index (χ4n) is 1.79. The van der Waals surface area contributed by atoms with E-state index in [1.165, 1.54) is 11.6 Å². The molecule has 6 nitrogen and oxygen atoms in total. The van der Waals surface area contributed by atoms with Gasteiger partial charge in [-0.2, -0.15) is 0 Å². The van der Waals surface area contributed by atoms with E-state index in [0.29, 0.717) is 11.1 Å². The third-order valence-electron chi connectivity index (χ3n) is 2.58. The minimum absolute atomic E-state index is 0.247. The van der Waals surface area contributed by atoms with Crippen molar-refractivity contribution in [2.24, 2.45) is 7.05 Å². The molecule has 1 aromatic heterocycles. The van der Waals surface area contributed by atoms with Gasteiger partial charge in [-0.05, 0) is 11.6 Å². The Morgan fingerprint density at radius 1 is 1.41 bits per heavy atom. The monoisotopic (exact) mass is 234 g/mol. The van der Waals surface area contributed by atoms with Crippen molar-refractivity contribution in [3.63, 3.8) is 0 Å². The van der Waals surface area contributed by atoms with E-state index in [1.54, 1.807) is 18.2 Å². The maximum Gasteiger partial charge on any atom is 0.328 e. The minimum Gasteiger partial charge on any atom is -0.481 e. The van der Waals surface area contributed by atoms with Gasteiger partial charge in [0, 0.05) is 7.05 Å².